The number of carbonyl (C=O) groups is 1. The predicted molar refractivity (Wildman–Crippen MR) is 103 cm³/mol. The molecule has 0 unspecified atom stereocenters. The minimum absolute atomic E-state index is 0.00746. The van der Waals surface area contributed by atoms with Gasteiger partial charge in [-0.05, 0) is 56.0 Å². The van der Waals surface area contributed by atoms with Gasteiger partial charge in [0.15, 0.2) is 0 Å². The number of hydrogen-bond donors (Lipinski definition) is 1. The van der Waals surface area contributed by atoms with E-state index in [1.165, 1.54) is 6.07 Å². The zero-order valence-electron chi connectivity index (χ0n) is 15.7. The van der Waals surface area contributed by atoms with Crippen molar-refractivity contribution in [1.29, 1.82) is 0 Å². The van der Waals surface area contributed by atoms with Crippen molar-refractivity contribution in [1.82, 2.24) is 9.88 Å². The summed E-state index contributed by atoms with van der Waals surface area (Å²) in [5.74, 6) is 0.831. The fourth-order valence-corrected chi connectivity index (χ4v) is 4.67. The first kappa shape index (κ1) is 18.2. The number of benzene rings is 1. The van der Waals surface area contributed by atoms with Crippen LogP contribution in [0.3, 0.4) is 0 Å². The van der Waals surface area contributed by atoms with Gasteiger partial charge < -0.3 is 14.9 Å². The van der Waals surface area contributed by atoms with Crippen LogP contribution in [0.2, 0.25) is 0 Å². The van der Waals surface area contributed by atoms with Gasteiger partial charge in [-0.2, -0.15) is 0 Å². The highest BCUT2D eigenvalue weighted by molar-refractivity contribution is 5.84. The highest BCUT2D eigenvalue weighted by Crippen LogP contribution is 2.40. The zero-order chi connectivity index (χ0) is 19.0. The van der Waals surface area contributed by atoms with Crippen LogP contribution >= 0.6 is 0 Å². The molecule has 1 aromatic heterocycles. The number of hydrogen-bond acceptors (Lipinski definition) is 4. The molecule has 2 aromatic rings. The topological polar surface area (TPSA) is 56.7 Å². The van der Waals surface area contributed by atoms with Crippen molar-refractivity contribution in [2.45, 2.75) is 32.6 Å². The van der Waals surface area contributed by atoms with E-state index in [9.17, 15) is 14.3 Å². The number of fused-ring (bicyclic) bond motifs is 1. The Bertz CT molecular complexity index is 872. The van der Waals surface area contributed by atoms with Crippen LogP contribution in [0.4, 0.5) is 10.2 Å². The van der Waals surface area contributed by atoms with Gasteiger partial charge in [0.2, 0.25) is 5.91 Å². The van der Waals surface area contributed by atoms with Crippen LogP contribution in [-0.4, -0.2) is 53.7 Å². The second-order valence-electron chi connectivity index (χ2n) is 8.02. The lowest BCUT2D eigenvalue weighted by Crippen LogP contribution is -2.54. The molecule has 1 N–H and O–H groups in total. The Kier molecular flexibility index (Phi) is 4.76. The second kappa shape index (κ2) is 7.08. The summed E-state index contributed by atoms with van der Waals surface area (Å²) >= 11 is 0. The molecule has 0 bridgehead atoms. The lowest BCUT2D eigenvalue weighted by atomic mass is 9.73. The van der Waals surface area contributed by atoms with Gasteiger partial charge in [0.25, 0.3) is 0 Å². The molecule has 3 heterocycles. The Labute approximate surface area is 158 Å². The van der Waals surface area contributed by atoms with E-state index in [4.69, 9.17) is 4.98 Å². The number of aryl methyl sites for hydroxylation is 1. The Morgan fingerprint density at radius 3 is 2.93 bits per heavy atom. The van der Waals surface area contributed by atoms with Crippen LogP contribution in [0.15, 0.2) is 24.3 Å². The van der Waals surface area contributed by atoms with Gasteiger partial charge in [0.1, 0.15) is 11.6 Å². The smallest absolute Gasteiger partial charge is 0.222 e. The van der Waals surface area contributed by atoms with E-state index < -0.39 is 0 Å². The van der Waals surface area contributed by atoms with Crippen LogP contribution in [0.5, 0.6) is 0 Å². The van der Waals surface area contributed by atoms with Gasteiger partial charge in [0, 0.05) is 43.4 Å². The molecule has 2 saturated heterocycles. The Morgan fingerprint density at radius 2 is 2.11 bits per heavy atom. The largest absolute Gasteiger partial charge is 0.395 e. The molecule has 2 aliphatic rings. The number of β-amino-alcohol motifs (C(OH)–C–C–N with tert-alkyl or cyclic N) is 1. The van der Waals surface area contributed by atoms with Gasteiger partial charge in [0.05, 0.1) is 12.1 Å². The van der Waals surface area contributed by atoms with Crippen LogP contribution < -0.4 is 4.90 Å². The maximum Gasteiger partial charge on any atom is 0.222 e. The number of aromatic nitrogens is 1. The Hall–Kier alpha value is -2.21. The maximum atomic E-state index is 13.6. The van der Waals surface area contributed by atoms with Gasteiger partial charge >= 0.3 is 0 Å². The number of halogens is 1. The normalized spacial score (nSPS) is 23.4. The first-order chi connectivity index (χ1) is 13.0. The average Bonchev–Trinajstić information content (AvgIpc) is 2.66. The molecule has 0 radical (unpaired) electrons. The second-order valence-corrected chi connectivity index (χ2v) is 8.02. The number of aliphatic hydroxyl groups excluding tert-OH is 1. The number of rotatable bonds is 3. The van der Waals surface area contributed by atoms with E-state index >= 15 is 0 Å². The monoisotopic (exact) mass is 371 g/mol. The number of piperidine rings is 2. The first-order valence-corrected chi connectivity index (χ1v) is 9.70. The van der Waals surface area contributed by atoms with Crippen LogP contribution in [0.25, 0.3) is 10.9 Å². The van der Waals surface area contributed by atoms with Crippen LogP contribution in [-0.2, 0) is 4.79 Å². The van der Waals surface area contributed by atoms with Crippen molar-refractivity contribution in [3.8, 4) is 0 Å². The summed E-state index contributed by atoms with van der Waals surface area (Å²) in [6, 6.07) is 6.78. The molecule has 1 amide bonds. The van der Waals surface area contributed by atoms with E-state index in [0.29, 0.717) is 19.5 Å². The predicted octanol–water partition coefficient (Wildman–Crippen LogP) is 2.88. The lowest BCUT2D eigenvalue weighted by Gasteiger charge is -2.48. The maximum absolute atomic E-state index is 13.6. The minimum atomic E-state index is -0.243. The van der Waals surface area contributed by atoms with Crippen molar-refractivity contribution >= 4 is 22.6 Å². The summed E-state index contributed by atoms with van der Waals surface area (Å²) in [6.45, 7) is 4.93. The van der Waals surface area contributed by atoms with Crippen molar-refractivity contribution in [3.05, 3.63) is 35.6 Å². The lowest BCUT2D eigenvalue weighted by molar-refractivity contribution is -0.138. The van der Waals surface area contributed by atoms with Crippen LogP contribution in [0, 0.1) is 18.2 Å². The minimum Gasteiger partial charge on any atom is -0.395 e. The number of likely N-dealkylation sites (tertiary alicyclic amines) is 1. The van der Waals surface area contributed by atoms with Crippen molar-refractivity contribution < 1.29 is 14.3 Å². The Morgan fingerprint density at radius 1 is 1.26 bits per heavy atom. The van der Waals surface area contributed by atoms with E-state index in [2.05, 4.69) is 4.90 Å². The number of nitrogens with zero attached hydrogens (tertiary/aromatic N) is 3. The first-order valence-electron chi connectivity index (χ1n) is 9.70. The average molecular weight is 371 g/mol. The third-order valence-corrected chi connectivity index (χ3v) is 6.07. The van der Waals surface area contributed by atoms with Gasteiger partial charge in [-0.1, -0.05) is 0 Å². The SMILES string of the molecule is Cc1cc(N2CCC[C@@]3(CCC(=O)N(CCO)C3)C2)nc2ccc(F)cc12. The standard InChI is InChI=1S/C21H26FN3O2/c1-15-11-19(23-18-4-3-16(22)12-17(15)18)24-8-2-6-21(13-24)7-5-20(27)25(14-21)9-10-26/h3-4,11-12,26H,2,5-10,13-14H2,1H3/t21-/m1/s1. The number of amides is 1. The van der Waals surface area contributed by atoms with Crippen molar-refractivity contribution in [2.24, 2.45) is 5.41 Å². The van der Waals surface area contributed by atoms with E-state index in [-0.39, 0.29) is 23.7 Å². The van der Waals surface area contributed by atoms with Crippen molar-refractivity contribution in [2.75, 3.05) is 37.7 Å². The van der Waals surface area contributed by atoms with Crippen LogP contribution in [0.1, 0.15) is 31.2 Å². The molecule has 1 aromatic carbocycles. The number of carbonyl (C=O) groups excluding carboxylic acids is 1. The van der Waals surface area contributed by atoms with Gasteiger partial charge in [-0.25, -0.2) is 9.37 Å². The highest BCUT2D eigenvalue weighted by Gasteiger charge is 2.41. The molecule has 0 aliphatic carbocycles. The highest BCUT2D eigenvalue weighted by atomic mass is 19.1. The number of aliphatic hydroxyl groups is 1. The summed E-state index contributed by atoms with van der Waals surface area (Å²) in [6.07, 6.45) is 3.60. The molecule has 5 nitrogen and oxygen atoms in total. The summed E-state index contributed by atoms with van der Waals surface area (Å²) in [5, 5.41) is 10.1. The molecule has 2 aliphatic heterocycles. The third-order valence-electron chi connectivity index (χ3n) is 6.07. The fourth-order valence-electron chi connectivity index (χ4n) is 4.67. The van der Waals surface area contributed by atoms with E-state index in [1.807, 2.05) is 17.9 Å². The summed E-state index contributed by atoms with van der Waals surface area (Å²) in [7, 11) is 0. The molecular weight excluding hydrogens is 345 g/mol. The quantitative estimate of drug-likeness (QED) is 0.901. The van der Waals surface area contributed by atoms with E-state index in [1.54, 1.807) is 12.1 Å². The van der Waals surface area contributed by atoms with Gasteiger partial charge in [-0.15, -0.1) is 0 Å². The third kappa shape index (κ3) is 3.50. The molecule has 4 rings (SSSR count). The van der Waals surface area contributed by atoms with E-state index in [0.717, 1.165) is 54.6 Å². The summed E-state index contributed by atoms with van der Waals surface area (Å²) in [4.78, 5) is 21.1. The van der Waals surface area contributed by atoms with Gasteiger partial charge in [-0.3, -0.25) is 4.79 Å². The molecule has 1 spiro atoms. The molecule has 0 saturated carbocycles. The summed E-state index contributed by atoms with van der Waals surface area (Å²) < 4.78 is 13.6. The molecule has 144 valence electrons. The number of anilines is 1. The molecular formula is C21H26FN3O2. The molecule has 27 heavy (non-hydrogen) atoms. The number of pyridine rings is 1. The fraction of sp³-hybridized carbons (Fsp3) is 0.524. The van der Waals surface area contributed by atoms with Crippen molar-refractivity contribution in [3.63, 3.8) is 0 Å². The summed E-state index contributed by atoms with van der Waals surface area (Å²) in [5.41, 5.74) is 1.90. The Balaban J connectivity index is 1.61. The molecule has 2 fully saturated rings. The zero-order valence-corrected chi connectivity index (χ0v) is 15.7. The molecule has 1 atom stereocenters. The molecule has 6 heteroatoms.